The van der Waals surface area contributed by atoms with E-state index in [4.69, 9.17) is 0 Å². The number of aryl methyl sites for hydroxylation is 1. The summed E-state index contributed by atoms with van der Waals surface area (Å²) >= 11 is 0. The highest BCUT2D eigenvalue weighted by atomic mass is 19.1. The van der Waals surface area contributed by atoms with Crippen LogP contribution >= 0.6 is 0 Å². The van der Waals surface area contributed by atoms with E-state index in [1.165, 1.54) is 12.0 Å². The van der Waals surface area contributed by atoms with Crippen molar-refractivity contribution in [2.24, 2.45) is 5.92 Å². The van der Waals surface area contributed by atoms with Crippen molar-refractivity contribution in [3.63, 3.8) is 0 Å². The van der Waals surface area contributed by atoms with Crippen molar-refractivity contribution >= 4 is 0 Å². The molecule has 1 aromatic heterocycles. The van der Waals surface area contributed by atoms with E-state index in [0.717, 1.165) is 45.1 Å². The molecule has 1 aliphatic heterocycles. The Bertz CT molecular complexity index is 680. The van der Waals surface area contributed by atoms with Crippen LogP contribution in [0.1, 0.15) is 31.7 Å². The Morgan fingerprint density at radius 3 is 2.58 bits per heavy atom. The van der Waals surface area contributed by atoms with Crippen LogP contribution in [-0.4, -0.2) is 51.6 Å². The van der Waals surface area contributed by atoms with Crippen molar-refractivity contribution < 1.29 is 4.39 Å². The first-order chi connectivity index (χ1) is 12.5. The first-order valence-electron chi connectivity index (χ1n) is 9.71. The molecule has 0 N–H and O–H groups in total. The summed E-state index contributed by atoms with van der Waals surface area (Å²) < 4.78 is 15.4. The molecule has 0 amide bonds. The number of halogens is 1. The van der Waals surface area contributed by atoms with Crippen LogP contribution in [-0.2, 0) is 13.1 Å². The molecule has 1 unspecified atom stereocenters. The van der Waals surface area contributed by atoms with Gasteiger partial charge in [0.2, 0.25) is 0 Å². The summed E-state index contributed by atoms with van der Waals surface area (Å²) in [6.45, 7) is 13.0. The molecule has 2 aromatic rings. The molecule has 0 radical (unpaired) electrons. The van der Waals surface area contributed by atoms with Crippen molar-refractivity contribution in [1.82, 2.24) is 19.4 Å². The van der Waals surface area contributed by atoms with Gasteiger partial charge in [-0.1, -0.05) is 26.0 Å². The van der Waals surface area contributed by atoms with Gasteiger partial charge >= 0.3 is 0 Å². The van der Waals surface area contributed by atoms with Crippen molar-refractivity contribution in [1.29, 1.82) is 0 Å². The lowest BCUT2D eigenvalue weighted by molar-refractivity contribution is 0.131. The Kier molecular flexibility index (Phi) is 6.43. The van der Waals surface area contributed by atoms with Crippen LogP contribution in [0.2, 0.25) is 0 Å². The molecule has 1 fully saturated rings. The maximum absolute atomic E-state index is 13.2. The highest BCUT2D eigenvalue weighted by Gasteiger charge is 2.27. The third-order valence-corrected chi connectivity index (χ3v) is 5.48. The summed E-state index contributed by atoms with van der Waals surface area (Å²) in [7, 11) is 0. The Morgan fingerprint density at radius 2 is 1.92 bits per heavy atom. The van der Waals surface area contributed by atoms with Crippen LogP contribution in [0, 0.1) is 18.7 Å². The largest absolute Gasteiger partial charge is 0.334 e. The number of aromatic nitrogens is 2. The lowest BCUT2D eigenvalue weighted by Gasteiger charge is -2.34. The van der Waals surface area contributed by atoms with Crippen molar-refractivity contribution in [2.75, 3.05) is 26.2 Å². The van der Waals surface area contributed by atoms with Gasteiger partial charge in [-0.15, -0.1) is 0 Å². The Labute approximate surface area is 156 Å². The molecule has 4 nitrogen and oxygen atoms in total. The van der Waals surface area contributed by atoms with E-state index in [1.807, 2.05) is 18.3 Å². The number of hydrogen-bond donors (Lipinski definition) is 0. The molecule has 0 spiro atoms. The zero-order valence-electron chi connectivity index (χ0n) is 16.2. The lowest BCUT2D eigenvalue weighted by atomic mass is 10.0. The van der Waals surface area contributed by atoms with Crippen molar-refractivity contribution in [3.05, 3.63) is 53.9 Å². The molecule has 26 heavy (non-hydrogen) atoms. The van der Waals surface area contributed by atoms with E-state index in [1.54, 1.807) is 12.1 Å². The second kappa shape index (κ2) is 8.78. The van der Waals surface area contributed by atoms with E-state index in [9.17, 15) is 4.39 Å². The number of benzene rings is 1. The van der Waals surface area contributed by atoms with E-state index < -0.39 is 0 Å². The zero-order chi connectivity index (χ0) is 18.5. The number of hydrogen-bond acceptors (Lipinski definition) is 3. The number of imidazole rings is 1. The van der Waals surface area contributed by atoms with Crippen LogP contribution < -0.4 is 0 Å². The summed E-state index contributed by atoms with van der Waals surface area (Å²) in [4.78, 5) is 9.49. The predicted molar refractivity (Wildman–Crippen MR) is 103 cm³/mol. The molecule has 0 saturated carbocycles. The average Bonchev–Trinajstić information content (AvgIpc) is 2.91. The van der Waals surface area contributed by atoms with Gasteiger partial charge in [0.1, 0.15) is 11.6 Å². The molecule has 1 aromatic carbocycles. The third-order valence-electron chi connectivity index (χ3n) is 5.48. The van der Waals surface area contributed by atoms with Gasteiger partial charge in [-0.25, -0.2) is 9.37 Å². The van der Waals surface area contributed by atoms with Gasteiger partial charge in [-0.05, 0) is 43.5 Å². The maximum Gasteiger partial charge on any atom is 0.123 e. The van der Waals surface area contributed by atoms with Gasteiger partial charge < -0.3 is 4.57 Å². The zero-order valence-corrected chi connectivity index (χ0v) is 16.2. The Hall–Kier alpha value is -1.72. The first-order valence-corrected chi connectivity index (χ1v) is 9.71. The fourth-order valence-electron chi connectivity index (χ4n) is 3.88. The molecule has 1 saturated heterocycles. The highest BCUT2D eigenvalue weighted by Crippen LogP contribution is 2.20. The number of rotatable bonds is 6. The van der Waals surface area contributed by atoms with E-state index in [0.29, 0.717) is 12.0 Å². The first kappa shape index (κ1) is 19.1. The molecule has 142 valence electrons. The second-order valence-electron chi connectivity index (χ2n) is 7.73. The monoisotopic (exact) mass is 358 g/mol. The summed E-state index contributed by atoms with van der Waals surface area (Å²) in [6, 6.07) is 7.48. The van der Waals surface area contributed by atoms with Crippen molar-refractivity contribution in [2.45, 2.75) is 46.3 Å². The minimum absolute atomic E-state index is 0.161. The van der Waals surface area contributed by atoms with E-state index >= 15 is 0 Å². The average molecular weight is 359 g/mol. The molecular formula is C21H31FN4. The molecule has 5 heteroatoms. The van der Waals surface area contributed by atoms with E-state index in [2.05, 4.69) is 46.3 Å². The summed E-state index contributed by atoms with van der Waals surface area (Å²) in [5, 5.41) is 0. The fraction of sp³-hybridized carbons (Fsp3) is 0.571. The van der Waals surface area contributed by atoms with Gasteiger partial charge in [-0.2, -0.15) is 0 Å². The van der Waals surface area contributed by atoms with E-state index in [-0.39, 0.29) is 5.82 Å². The fourth-order valence-corrected chi connectivity index (χ4v) is 3.88. The van der Waals surface area contributed by atoms with Crippen molar-refractivity contribution in [3.8, 4) is 0 Å². The van der Waals surface area contributed by atoms with Crippen LogP contribution in [0.15, 0.2) is 36.7 Å². The minimum atomic E-state index is -0.161. The predicted octanol–water partition coefficient (Wildman–Crippen LogP) is 3.56. The smallest absolute Gasteiger partial charge is 0.123 e. The number of nitrogens with zero attached hydrogens (tertiary/aromatic N) is 4. The lowest BCUT2D eigenvalue weighted by Crippen LogP contribution is -2.44. The van der Waals surface area contributed by atoms with Gasteiger partial charge in [0, 0.05) is 51.2 Å². The second-order valence-corrected chi connectivity index (χ2v) is 7.73. The molecule has 1 aliphatic rings. The molecule has 0 bridgehead atoms. The van der Waals surface area contributed by atoms with Crippen LogP contribution in [0.25, 0.3) is 0 Å². The third kappa shape index (κ3) is 4.92. The van der Waals surface area contributed by atoms with Gasteiger partial charge in [0.15, 0.2) is 0 Å². The molecular weight excluding hydrogens is 327 g/mol. The summed E-state index contributed by atoms with van der Waals surface area (Å²) in [5.41, 5.74) is 1.19. The highest BCUT2D eigenvalue weighted by molar-refractivity contribution is 5.16. The van der Waals surface area contributed by atoms with Gasteiger partial charge in [0.25, 0.3) is 0 Å². The molecule has 1 atom stereocenters. The molecule has 3 rings (SSSR count). The van der Waals surface area contributed by atoms with Crippen LogP contribution in [0.4, 0.5) is 4.39 Å². The molecule has 2 heterocycles. The van der Waals surface area contributed by atoms with Crippen LogP contribution in [0.5, 0.6) is 0 Å². The van der Waals surface area contributed by atoms with Crippen LogP contribution in [0.3, 0.4) is 0 Å². The molecule has 0 aliphatic carbocycles. The standard InChI is InChI=1S/C21H31FN4/c1-17(2)21-16-24(13-14-25-12-9-23-18(25)3)10-4-11-26(21)15-19-5-7-20(22)8-6-19/h5-9,12,17,21H,4,10-11,13-16H2,1-3H3. The minimum Gasteiger partial charge on any atom is -0.334 e. The summed E-state index contributed by atoms with van der Waals surface area (Å²) in [5.74, 6) is 1.51. The topological polar surface area (TPSA) is 24.3 Å². The normalized spacial score (nSPS) is 19.8. The quantitative estimate of drug-likeness (QED) is 0.789. The Morgan fingerprint density at radius 1 is 1.15 bits per heavy atom. The summed E-state index contributed by atoms with van der Waals surface area (Å²) in [6.07, 6.45) is 5.11. The van der Waals surface area contributed by atoms with Gasteiger partial charge in [0.05, 0.1) is 0 Å². The maximum atomic E-state index is 13.2. The van der Waals surface area contributed by atoms with Gasteiger partial charge in [-0.3, -0.25) is 9.80 Å². The Balaban J connectivity index is 1.63. The SMILES string of the molecule is Cc1nccn1CCN1CCCN(Cc2ccc(F)cc2)C(C(C)C)C1.